The minimum absolute atomic E-state index is 0.0841. The van der Waals surface area contributed by atoms with Gasteiger partial charge >= 0.3 is 0 Å². The number of rotatable bonds is 6. The van der Waals surface area contributed by atoms with E-state index in [0.29, 0.717) is 17.0 Å². The van der Waals surface area contributed by atoms with E-state index in [-0.39, 0.29) is 10.8 Å². The van der Waals surface area contributed by atoms with Crippen LogP contribution in [0.4, 0.5) is 11.4 Å². The van der Waals surface area contributed by atoms with Crippen molar-refractivity contribution in [2.75, 3.05) is 30.4 Å². The topological polar surface area (TPSA) is 66.9 Å². The van der Waals surface area contributed by atoms with E-state index in [4.69, 9.17) is 4.74 Å². The van der Waals surface area contributed by atoms with Crippen molar-refractivity contribution in [2.24, 2.45) is 0 Å². The second-order valence-electron chi connectivity index (χ2n) is 7.56. The van der Waals surface area contributed by atoms with Crippen LogP contribution >= 0.6 is 0 Å². The molecule has 0 radical (unpaired) electrons. The van der Waals surface area contributed by atoms with E-state index in [0.717, 1.165) is 16.5 Å². The van der Waals surface area contributed by atoms with Crippen LogP contribution in [-0.4, -0.2) is 35.5 Å². The maximum absolute atomic E-state index is 13.1. The van der Waals surface area contributed by atoms with Crippen molar-refractivity contribution in [2.45, 2.75) is 4.90 Å². The standard InChI is InChI=1S/C26H24N2O4S/c1-27(22-15-12-19-8-4-5-9-21(19)18-22)26(29)20-13-16-23(17-14-20)33(30,31)28(2)24-10-6-7-11-25(24)32-3/h4-18H,1-3H3. The average molecular weight is 461 g/mol. The van der Waals surface area contributed by atoms with Crippen molar-refractivity contribution in [3.8, 4) is 5.75 Å². The molecule has 6 nitrogen and oxygen atoms in total. The van der Waals surface area contributed by atoms with Crippen LogP contribution in [0.15, 0.2) is 95.9 Å². The molecule has 1 amide bonds. The zero-order valence-corrected chi connectivity index (χ0v) is 19.4. The average Bonchev–Trinajstić information content (AvgIpc) is 2.87. The molecule has 4 aromatic carbocycles. The lowest BCUT2D eigenvalue weighted by atomic mass is 10.1. The first-order chi connectivity index (χ1) is 15.8. The normalized spacial score (nSPS) is 11.2. The summed E-state index contributed by atoms with van der Waals surface area (Å²) in [5, 5.41) is 2.13. The van der Waals surface area contributed by atoms with Gasteiger partial charge in [0.25, 0.3) is 15.9 Å². The molecular weight excluding hydrogens is 436 g/mol. The summed E-state index contributed by atoms with van der Waals surface area (Å²) >= 11 is 0. The lowest BCUT2D eigenvalue weighted by Gasteiger charge is -2.22. The molecular formula is C26H24N2O4S. The maximum atomic E-state index is 13.1. The Morgan fingerprint density at radius 2 is 1.42 bits per heavy atom. The molecule has 7 heteroatoms. The van der Waals surface area contributed by atoms with Crippen LogP contribution in [0.3, 0.4) is 0 Å². The van der Waals surface area contributed by atoms with Crippen molar-refractivity contribution < 1.29 is 17.9 Å². The molecule has 0 bridgehead atoms. The highest BCUT2D eigenvalue weighted by Crippen LogP contribution is 2.31. The molecule has 4 aromatic rings. The lowest BCUT2D eigenvalue weighted by Crippen LogP contribution is -2.28. The van der Waals surface area contributed by atoms with Gasteiger partial charge in [-0.15, -0.1) is 0 Å². The van der Waals surface area contributed by atoms with E-state index < -0.39 is 10.0 Å². The van der Waals surface area contributed by atoms with Crippen molar-refractivity contribution in [3.63, 3.8) is 0 Å². The molecule has 0 unspecified atom stereocenters. The van der Waals surface area contributed by atoms with Gasteiger partial charge in [-0.25, -0.2) is 8.42 Å². The molecule has 0 atom stereocenters. The van der Waals surface area contributed by atoms with E-state index >= 15 is 0 Å². The molecule has 0 heterocycles. The van der Waals surface area contributed by atoms with Crippen LogP contribution in [0, 0.1) is 0 Å². The number of para-hydroxylation sites is 2. The number of benzene rings is 4. The summed E-state index contributed by atoms with van der Waals surface area (Å²) in [6.07, 6.45) is 0. The Kier molecular flexibility index (Phi) is 6.07. The smallest absolute Gasteiger partial charge is 0.264 e. The van der Waals surface area contributed by atoms with Gasteiger partial charge in [-0.1, -0.05) is 42.5 Å². The molecule has 0 aliphatic heterocycles. The second kappa shape index (κ2) is 8.96. The van der Waals surface area contributed by atoms with Crippen LogP contribution < -0.4 is 13.9 Å². The van der Waals surface area contributed by atoms with Gasteiger partial charge in [-0.05, 0) is 59.3 Å². The van der Waals surface area contributed by atoms with Gasteiger partial charge in [0.05, 0.1) is 17.7 Å². The third-order valence-electron chi connectivity index (χ3n) is 5.61. The van der Waals surface area contributed by atoms with Gasteiger partial charge < -0.3 is 9.64 Å². The summed E-state index contributed by atoms with van der Waals surface area (Å²) in [6, 6.07) is 26.6. The predicted molar refractivity (Wildman–Crippen MR) is 132 cm³/mol. The van der Waals surface area contributed by atoms with E-state index in [1.807, 2.05) is 42.5 Å². The summed E-state index contributed by atoms with van der Waals surface area (Å²) in [5.41, 5.74) is 1.58. The van der Waals surface area contributed by atoms with Gasteiger partial charge in [0.15, 0.2) is 0 Å². The minimum Gasteiger partial charge on any atom is -0.495 e. The number of methoxy groups -OCH3 is 1. The molecule has 0 aromatic heterocycles. The molecule has 0 fully saturated rings. The number of fused-ring (bicyclic) bond motifs is 1. The van der Waals surface area contributed by atoms with Gasteiger partial charge in [-0.2, -0.15) is 0 Å². The Labute approximate surface area is 193 Å². The fraction of sp³-hybridized carbons (Fsp3) is 0.115. The zero-order valence-electron chi connectivity index (χ0n) is 18.6. The largest absolute Gasteiger partial charge is 0.495 e. The lowest BCUT2D eigenvalue weighted by molar-refractivity contribution is 0.0993. The van der Waals surface area contributed by atoms with Gasteiger partial charge in [-0.3, -0.25) is 9.10 Å². The van der Waals surface area contributed by atoms with Crippen LogP contribution in [0.25, 0.3) is 10.8 Å². The number of nitrogens with zero attached hydrogens (tertiary/aromatic N) is 2. The van der Waals surface area contributed by atoms with Gasteiger partial charge in [0, 0.05) is 25.3 Å². The number of hydrogen-bond acceptors (Lipinski definition) is 4. The van der Waals surface area contributed by atoms with Crippen molar-refractivity contribution >= 4 is 38.1 Å². The Bertz CT molecular complexity index is 1420. The third kappa shape index (κ3) is 4.27. The highest BCUT2D eigenvalue weighted by Gasteiger charge is 2.24. The first-order valence-electron chi connectivity index (χ1n) is 10.3. The predicted octanol–water partition coefficient (Wildman–Crippen LogP) is 4.95. The summed E-state index contributed by atoms with van der Waals surface area (Å²) in [4.78, 5) is 14.7. The van der Waals surface area contributed by atoms with Crippen LogP contribution in [0.5, 0.6) is 5.75 Å². The third-order valence-corrected chi connectivity index (χ3v) is 7.39. The van der Waals surface area contributed by atoms with Crippen LogP contribution in [0.2, 0.25) is 0 Å². The number of carbonyl (C=O) groups is 1. The number of hydrogen-bond donors (Lipinski definition) is 0. The molecule has 0 aliphatic carbocycles. The fourth-order valence-electron chi connectivity index (χ4n) is 3.64. The fourth-order valence-corrected chi connectivity index (χ4v) is 4.85. The molecule has 4 rings (SSSR count). The Hall–Kier alpha value is -3.84. The molecule has 0 saturated carbocycles. The van der Waals surface area contributed by atoms with Crippen molar-refractivity contribution in [1.82, 2.24) is 0 Å². The summed E-state index contributed by atoms with van der Waals surface area (Å²) in [7, 11) is 0.829. The SMILES string of the molecule is COc1ccccc1N(C)S(=O)(=O)c1ccc(C(=O)N(C)c2ccc3ccccc3c2)cc1. The Morgan fingerprint density at radius 3 is 2.12 bits per heavy atom. The number of ether oxygens (including phenoxy) is 1. The van der Waals surface area contributed by atoms with Crippen molar-refractivity contribution in [3.05, 3.63) is 96.6 Å². The molecule has 0 saturated heterocycles. The van der Waals surface area contributed by atoms with Gasteiger partial charge in [0.2, 0.25) is 0 Å². The van der Waals surface area contributed by atoms with E-state index in [9.17, 15) is 13.2 Å². The first-order valence-corrected chi connectivity index (χ1v) is 11.8. The highest BCUT2D eigenvalue weighted by molar-refractivity contribution is 7.92. The molecule has 0 spiro atoms. The summed E-state index contributed by atoms with van der Waals surface area (Å²) in [5.74, 6) is 0.222. The monoisotopic (exact) mass is 460 g/mol. The molecule has 168 valence electrons. The number of amides is 1. The highest BCUT2D eigenvalue weighted by atomic mass is 32.2. The molecule has 33 heavy (non-hydrogen) atoms. The first kappa shape index (κ1) is 22.4. The summed E-state index contributed by atoms with van der Waals surface area (Å²) < 4.78 is 32.7. The Balaban J connectivity index is 1.58. The Morgan fingerprint density at radius 1 is 0.788 bits per heavy atom. The second-order valence-corrected chi connectivity index (χ2v) is 9.53. The quantitative estimate of drug-likeness (QED) is 0.408. The number of anilines is 2. The number of carbonyl (C=O) groups excluding carboxylic acids is 1. The van der Waals surface area contributed by atoms with Crippen molar-refractivity contribution in [1.29, 1.82) is 0 Å². The van der Waals surface area contributed by atoms with Crippen LogP contribution in [0.1, 0.15) is 10.4 Å². The summed E-state index contributed by atoms with van der Waals surface area (Å²) in [6.45, 7) is 0. The van der Waals surface area contributed by atoms with E-state index in [2.05, 4.69) is 0 Å². The maximum Gasteiger partial charge on any atom is 0.264 e. The number of sulfonamides is 1. The molecule has 0 N–H and O–H groups in total. The van der Waals surface area contributed by atoms with E-state index in [1.165, 1.54) is 42.7 Å². The minimum atomic E-state index is -3.84. The van der Waals surface area contributed by atoms with E-state index in [1.54, 1.807) is 36.2 Å². The zero-order chi connectivity index (χ0) is 23.6. The van der Waals surface area contributed by atoms with Gasteiger partial charge in [0.1, 0.15) is 5.75 Å². The molecule has 0 aliphatic rings. The van der Waals surface area contributed by atoms with Crippen LogP contribution in [-0.2, 0) is 10.0 Å².